The lowest BCUT2D eigenvalue weighted by atomic mass is 10.2. The van der Waals surface area contributed by atoms with Crippen molar-refractivity contribution in [1.29, 1.82) is 0 Å². The maximum atomic E-state index is 12.0. The molecular formula is C13H11Cl2N3O2. The molecule has 0 radical (unpaired) electrons. The highest BCUT2D eigenvalue weighted by atomic mass is 35.5. The van der Waals surface area contributed by atoms with E-state index >= 15 is 0 Å². The Labute approximate surface area is 125 Å². The molecule has 1 aromatic carbocycles. The number of hydrogen-bond acceptors (Lipinski definition) is 4. The van der Waals surface area contributed by atoms with Crippen molar-refractivity contribution in [2.24, 2.45) is 0 Å². The summed E-state index contributed by atoms with van der Waals surface area (Å²) in [5.74, 6) is 0.322. The van der Waals surface area contributed by atoms with Crippen molar-refractivity contribution in [2.75, 3.05) is 7.11 Å². The summed E-state index contributed by atoms with van der Waals surface area (Å²) in [6.45, 7) is 0.305. The van der Waals surface area contributed by atoms with Crippen LogP contribution in [0, 0.1) is 0 Å². The average molecular weight is 312 g/mol. The summed E-state index contributed by atoms with van der Waals surface area (Å²) in [6.07, 6.45) is 0. The van der Waals surface area contributed by atoms with Gasteiger partial charge >= 0.3 is 0 Å². The Kier molecular flexibility index (Phi) is 4.76. The molecule has 104 valence electrons. The van der Waals surface area contributed by atoms with Crippen LogP contribution in [0.3, 0.4) is 0 Å². The number of nitrogens with zero attached hydrogens (tertiary/aromatic N) is 2. The SMILES string of the molecule is COc1ccccc1CNC(=O)c1cc(Cl)nnc1Cl. The molecule has 1 N–H and O–H groups in total. The Hall–Kier alpha value is -1.85. The van der Waals surface area contributed by atoms with Gasteiger partial charge in [-0.2, -0.15) is 0 Å². The average Bonchev–Trinajstić information content (AvgIpc) is 2.47. The van der Waals surface area contributed by atoms with Gasteiger partial charge in [0.25, 0.3) is 5.91 Å². The molecule has 1 heterocycles. The second-order valence-electron chi connectivity index (χ2n) is 3.87. The van der Waals surface area contributed by atoms with E-state index in [1.54, 1.807) is 7.11 Å². The number of nitrogens with one attached hydrogen (secondary N) is 1. The van der Waals surface area contributed by atoms with Crippen molar-refractivity contribution in [2.45, 2.75) is 6.54 Å². The summed E-state index contributed by atoms with van der Waals surface area (Å²) in [6, 6.07) is 8.77. The number of para-hydroxylation sites is 1. The highest BCUT2D eigenvalue weighted by Crippen LogP contribution is 2.18. The number of amides is 1. The zero-order valence-corrected chi connectivity index (χ0v) is 12.1. The van der Waals surface area contributed by atoms with Gasteiger partial charge in [0.05, 0.1) is 12.7 Å². The molecule has 0 saturated carbocycles. The van der Waals surface area contributed by atoms with Crippen LogP contribution in [0.4, 0.5) is 0 Å². The van der Waals surface area contributed by atoms with Crippen LogP contribution in [0.2, 0.25) is 10.3 Å². The fraction of sp³-hybridized carbons (Fsp3) is 0.154. The topological polar surface area (TPSA) is 64.1 Å². The molecule has 0 aliphatic heterocycles. The fourth-order valence-electron chi connectivity index (χ4n) is 1.63. The van der Waals surface area contributed by atoms with E-state index in [0.29, 0.717) is 12.3 Å². The third kappa shape index (κ3) is 3.37. The number of ether oxygens (including phenoxy) is 1. The minimum atomic E-state index is -0.377. The van der Waals surface area contributed by atoms with E-state index in [0.717, 1.165) is 5.56 Å². The van der Waals surface area contributed by atoms with E-state index in [2.05, 4.69) is 15.5 Å². The van der Waals surface area contributed by atoms with Crippen molar-refractivity contribution >= 4 is 29.1 Å². The zero-order valence-electron chi connectivity index (χ0n) is 10.6. The molecule has 0 unspecified atom stereocenters. The molecule has 0 aliphatic carbocycles. The number of benzene rings is 1. The van der Waals surface area contributed by atoms with Crippen LogP contribution < -0.4 is 10.1 Å². The number of halogens is 2. The van der Waals surface area contributed by atoms with Crippen molar-refractivity contribution < 1.29 is 9.53 Å². The Bertz CT molecular complexity index is 635. The standard InChI is InChI=1S/C13H11Cl2N3O2/c1-20-10-5-3-2-4-8(10)7-16-13(19)9-6-11(14)17-18-12(9)15/h2-6H,7H2,1H3,(H,16,19). The van der Waals surface area contributed by atoms with Crippen LogP contribution in [-0.2, 0) is 6.54 Å². The molecule has 7 heteroatoms. The first-order valence-corrected chi connectivity index (χ1v) is 6.46. The number of carbonyl (C=O) groups excluding carboxylic acids is 1. The summed E-state index contributed by atoms with van der Waals surface area (Å²) >= 11 is 11.5. The molecular weight excluding hydrogens is 301 g/mol. The minimum Gasteiger partial charge on any atom is -0.496 e. The first-order chi connectivity index (χ1) is 9.61. The van der Waals surface area contributed by atoms with Crippen molar-refractivity contribution in [1.82, 2.24) is 15.5 Å². The molecule has 0 bridgehead atoms. The predicted molar refractivity (Wildman–Crippen MR) is 76.2 cm³/mol. The van der Waals surface area contributed by atoms with Crippen molar-refractivity contribution in [3.05, 3.63) is 51.8 Å². The first-order valence-electron chi connectivity index (χ1n) is 5.70. The molecule has 0 spiro atoms. The van der Waals surface area contributed by atoms with Gasteiger partial charge in [-0.3, -0.25) is 4.79 Å². The molecule has 0 atom stereocenters. The Morgan fingerprint density at radius 3 is 2.80 bits per heavy atom. The highest BCUT2D eigenvalue weighted by Gasteiger charge is 2.13. The van der Waals surface area contributed by atoms with E-state index in [9.17, 15) is 4.79 Å². The highest BCUT2D eigenvalue weighted by molar-refractivity contribution is 6.34. The molecule has 2 rings (SSSR count). The molecule has 20 heavy (non-hydrogen) atoms. The van der Waals surface area contributed by atoms with Gasteiger partial charge in [0.1, 0.15) is 5.75 Å². The van der Waals surface area contributed by atoms with E-state index in [4.69, 9.17) is 27.9 Å². The molecule has 1 amide bonds. The van der Waals surface area contributed by atoms with Gasteiger partial charge in [0.2, 0.25) is 0 Å². The van der Waals surface area contributed by atoms with Gasteiger partial charge in [-0.05, 0) is 12.1 Å². The Morgan fingerprint density at radius 1 is 1.30 bits per heavy atom. The van der Waals surface area contributed by atoms with Crippen LogP contribution in [-0.4, -0.2) is 23.2 Å². The number of rotatable bonds is 4. The molecule has 0 saturated heterocycles. The van der Waals surface area contributed by atoms with Crippen molar-refractivity contribution in [3.63, 3.8) is 0 Å². The number of methoxy groups -OCH3 is 1. The van der Waals surface area contributed by atoms with Gasteiger partial charge in [0, 0.05) is 12.1 Å². The normalized spacial score (nSPS) is 10.2. The lowest BCUT2D eigenvalue weighted by Gasteiger charge is -2.09. The van der Waals surface area contributed by atoms with Crippen LogP contribution >= 0.6 is 23.2 Å². The quantitative estimate of drug-likeness (QED) is 0.943. The lowest BCUT2D eigenvalue weighted by Crippen LogP contribution is -2.23. The monoisotopic (exact) mass is 311 g/mol. The summed E-state index contributed by atoms with van der Waals surface area (Å²) in [5.41, 5.74) is 1.04. The van der Waals surface area contributed by atoms with Gasteiger partial charge in [-0.15, -0.1) is 10.2 Å². The predicted octanol–water partition coefficient (Wildman–Crippen LogP) is 2.72. The summed E-state index contributed by atoms with van der Waals surface area (Å²) < 4.78 is 5.21. The van der Waals surface area contributed by atoms with E-state index in [1.165, 1.54) is 6.07 Å². The summed E-state index contributed by atoms with van der Waals surface area (Å²) in [5, 5.41) is 9.98. The molecule has 1 aromatic heterocycles. The second kappa shape index (κ2) is 6.54. The van der Waals surface area contributed by atoms with Crippen LogP contribution in [0.1, 0.15) is 15.9 Å². The van der Waals surface area contributed by atoms with Crippen LogP contribution in [0.5, 0.6) is 5.75 Å². The van der Waals surface area contributed by atoms with Gasteiger partial charge in [0.15, 0.2) is 10.3 Å². The molecule has 0 aliphatic rings. The third-order valence-corrected chi connectivity index (χ3v) is 3.06. The lowest BCUT2D eigenvalue weighted by molar-refractivity contribution is 0.0950. The Morgan fingerprint density at radius 2 is 2.05 bits per heavy atom. The second-order valence-corrected chi connectivity index (χ2v) is 4.61. The van der Waals surface area contributed by atoms with Gasteiger partial charge in [-0.1, -0.05) is 41.4 Å². The largest absolute Gasteiger partial charge is 0.496 e. The minimum absolute atomic E-state index is 0.00641. The van der Waals surface area contributed by atoms with Crippen molar-refractivity contribution in [3.8, 4) is 5.75 Å². The maximum Gasteiger partial charge on any atom is 0.254 e. The summed E-state index contributed by atoms with van der Waals surface area (Å²) in [7, 11) is 1.57. The van der Waals surface area contributed by atoms with E-state index in [-0.39, 0.29) is 21.8 Å². The smallest absolute Gasteiger partial charge is 0.254 e. The molecule has 2 aromatic rings. The van der Waals surface area contributed by atoms with E-state index < -0.39 is 0 Å². The maximum absolute atomic E-state index is 12.0. The van der Waals surface area contributed by atoms with Gasteiger partial charge < -0.3 is 10.1 Å². The van der Waals surface area contributed by atoms with Crippen LogP contribution in [0.15, 0.2) is 30.3 Å². The van der Waals surface area contributed by atoms with E-state index in [1.807, 2.05) is 24.3 Å². The first kappa shape index (κ1) is 14.6. The third-order valence-electron chi connectivity index (χ3n) is 2.60. The number of aromatic nitrogens is 2. The zero-order chi connectivity index (χ0) is 14.5. The van der Waals surface area contributed by atoms with Crippen LogP contribution in [0.25, 0.3) is 0 Å². The number of hydrogen-bond donors (Lipinski definition) is 1. The summed E-state index contributed by atoms with van der Waals surface area (Å²) in [4.78, 5) is 12.0. The molecule has 5 nitrogen and oxygen atoms in total. The Balaban J connectivity index is 2.11. The number of carbonyl (C=O) groups is 1. The van der Waals surface area contributed by atoms with Gasteiger partial charge in [-0.25, -0.2) is 0 Å². The fourth-order valence-corrected chi connectivity index (χ4v) is 1.96. The molecule has 0 fully saturated rings.